The molecule has 0 atom stereocenters. The fourth-order valence-corrected chi connectivity index (χ4v) is 2.36. The van der Waals surface area contributed by atoms with Gasteiger partial charge in [-0.15, -0.1) is 0 Å². The first-order chi connectivity index (χ1) is 9.30. The number of ether oxygens (including phenoxy) is 2. The van der Waals surface area contributed by atoms with Gasteiger partial charge in [0.05, 0.1) is 13.2 Å². The zero-order valence-electron chi connectivity index (χ0n) is 13.1. The van der Waals surface area contributed by atoms with Crippen molar-refractivity contribution < 1.29 is 19.1 Å². The van der Waals surface area contributed by atoms with Crippen molar-refractivity contribution in [2.24, 2.45) is 5.92 Å². The second kappa shape index (κ2) is 7.62. The second-order valence-corrected chi connectivity index (χ2v) is 6.32. The number of carbonyl (C=O) groups is 2. The lowest BCUT2D eigenvalue weighted by Gasteiger charge is -2.31. The van der Waals surface area contributed by atoms with Crippen LogP contribution in [0.2, 0.25) is 0 Å². The van der Waals surface area contributed by atoms with Gasteiger partial charge in [0, 0.05) is 6.42 Å². The first-order valence-corrected chi connectivity index (χ1v) is 7.40. The summed E-state index contributed by atoms with van der Waals surface area (Å²) in [6, 6.07) is 0. The Kier molecular flexibility index (Phi) is 6.46. The van der Waals surface area contributed by atoms with Gasteiger partial charge in [0.25, 0.3) is 0 Å². The molecule has 20 heavy (non-hydrogen) atoms. The Morgan fingerprint density at radius 2 is 1.75 bits per heavy atom. The molecule has 1 fully saturated rings. The second-order valence-electron chi connectivity index (χ2n) is 6.32. The monoisotopic (exact) mass is 285 g/mol. The first-order valence-electron chi connectivity index (χ1n) is 7.40. The molecule has 1 aliphatic rings. The van der Waals surface area contributed by atoms with Gasteiger partial charge >= 0.3 is 11.9 Å². The van der Waals surface area contributed by atoms with E-state index in [1.54, 1.807) is 0 Å². The fourth-order valence-electron chi connectivity index (χ4n) is 2.36. The maximum Gasteiger partial charge on any atom is 0.320 e. The van der Waals surface area contributed by atoms with E-state index in [4.69, 9.17) is 9.47 Å². The molecule has 0 aliphatic carbocycles. The summed E-state index contributed by atoms with van der Waals surface area (Å²) in [5.41, 5.74) is -0.431. The average molecular weight is 285 g/mol. The summed E-state index contributed by atoms with van der Waals surface area (Å²) in [6.07, 6.45) is 2.36. The Balaban J connectivity index is 2.25. The molecule has 0 spiro atoms. The van der Waals surface area contributed by atoms with Crippen LogP contribution in [-0.4, -0.2) is 48.7 Å². The molecule has 0 amide bonds. The molecule has 1 heterocycles. The third kappa shape index (κ3) is 6.89. The Labute approximate surface area is 121 Å². The maximum absolute atomic E-state index is 11.7. The summed E-state index contributed by atoms with van der Waals surface area (Å²) in [6.45, 7) is 9.89. The van der Waals surface area contributed by atoms with Crippen LogP contribution in [0.5, 0.6) is 0 Å². The van der Waals surface area contributed by atoms with Crippen molar-refractivity contribution in [2.75, 3.05) is 26.2 Å². The van der Waals surface area contributed by atoms with Crippen LogP contribution in [0.25, 0.3) is 0 Å². The van der Waals surface area contributed by atoms with Crippen LogP contribution in [0.3, 0.4) is 0 Å². The smallest absolute Gasteiger partial charge is 0.320 e. The Bertz CT molecular complexity index is 327. The minimum absolute atomic E-state index is 0.113. The van der Waals surface area contributed by atoms with E-state index in [0.29, 0.717) is 25.5 Å². The normalized spacial score (nSPS) is 17.8. The molecule has 0 aromatic rings. The summed E-state index contributed by atoms with van der Waals surface area (Å²) in [5, 5.41) is 0. The molecule has 0 radical (unpaired) electrons. The van der Waals surface area contributed by atoms with Gasteiger partial charge in [-0.2, -0.15) is 0 Å². The molecule has 1 aliphatic heterocycles. The van der Waals surface area contributed by atoms with Gasteiger partial charge in [0.1, 0.15) is 5.60 Å². The number of rotatable bonds is 5. The summed E-state index contributed by atoms with van der Waals surface area (Å²) in [5.74, 6) is 0.0865. The van der Waals surface area contributed by atoms with E-state index < -0.39 is 5.60 Å². The number of piperidine rings is 1. The summed E-state index contributed by atoms with van der Waals surface area (Å²) in [4.78, 5) is 25.2. The van der Waals surface area contributed by atoms with Crippen LogP contribution in [0.15, 0.2) is 0 Å². The Morgan fingerprint density at radius 1 is 1.15 bits per heavy atom. The predicted octanol–water partition coefficient (Wildman–Crippen LogP) is 1.99. The largest absolute Gasteiger partial charge is 0.466 e. The van der Waals surface area contributed by atoms with Gasteiger partial charge < -0.3 is 9.47 Å². The van der Waals surface area contributed by atoms with Crippen LogP contribution in [0.1, 0.15) is 47.0 Å². The van der Waals surface area contributed by atoms with Crippen molar-refractivity contribution in [3.63, 3.8) is 0 Å². The molecule has 0 aromatic heterocycles. The van der Waals surface area contributed by atoms with Gasteiger partial charge in [-0.05, 0) is 59.5 Å². The lowest BCUT2D eigenvalue weighted by Crippen LogP contribution is -2.40. The molecule has 0 unspecified atom stereocenters. The highest BCUT2D eigenvalue weighted by molar-refractivity contribution is 5.72. The summed E-state index contributed by atoms with van der Waals surface area (Å²) < 4.78 is 10.3. The third-order valence-corrected chi connectivity index (χ3v) is 3.24. The van der Waals surface area contributed by atoms with Gasteiger partial charge in [0.15, 0.2) is 0 Å². The highest BCUT2D eigenvalue weighted by atomic mass is 16.6. The van der Waals surface area contributed by atoms with Crippen LogP contribution in [0, 0.1) is 5.92 Å². The average Bonchev–Trinajstić information content (AvgIpc) is 2.29. The molecule has 5 nitrogen and oxygen atoms in total. The fraction of sp³-hybridized carbons (Fsp3) is 0.867. The first kappa shape index (κ1) is 17.0. The van der Waals surface area contributed by atoms with E-state index >= 15 is 0 Å². The molecule has 116 valence electrons. The number of nitrogens with zero attached hydrogens (tertiary/aromatic N) is 1. The van der Waals surface area contributed by atoms with E-state index in [1.165, 1.54) is 0 Å². The molecule has 1 saturated heterocycles. The standard InChI is InChI=1S/C15H27NO4/c1-5-19-13(17)10-12-6-8-16(9-7-12)11-14(18)20-15(2,3)4/h12H,5-11H2,1-4H3. The van der Waals surface area contributed by atoms with E-state index in [0.717, 1.165) is 25.9 Å². The quantitative estimate of drug-likeness (QED) is 0.723. The predicted molar refractivity (Wildman–Crippen MR) is 76.3 cm³/mol. The molecule has 1 rings (SSSR count). The number of esters is 2. The zero-order valence-corrected chi connectivity index (χ0v) is 13.1. The van der Waals surface area contributed by atoms with E-state index in [1.807, 2.05) is 27.7 Å². The molecule has 5 heteroatoms. The van der Waals surface area contributed by atoms with Gasteiger partial charge in [-0.3, -0.25) is 14.5 Å². The topological polar surface area (TPSA) is 55.8 Å². The van der Waals surface area contributed by atoms with E-state index in [-0.39, 0.29) is 11.9 Å². The van der Waals surface area contributed by atoms with Crippen molar-refractivity contribution in [1.29, 1.82) is 0 Å². The zero-order chi connectivity index (χ0) is 15.2. The minimum atomic E-state index is -0.431. The number of likely N-dealkylation sites (tertiary alicyclic amines) is 1. The highest BCUT2D eigenvalue weighted by Gasteiger charge is 2.25. The molecule has 0 saturated carbocycles. The molecular formula is C15H27NO4. The minimum Gasteiger partial charge on any atom is -0.466 e. The van der Waals surface area contributed by atoms with Gasteiger partial charge in [-0.25, -0.2) is 0 Å². The maximum atomic E-state index is 11.7. The van der Waals surface area contributed by atoms with Gasteiger partial charge in [-0.1, -0.05) is 0 Å². The lowest BCUT2D eigenvalue weighted by atomic mass is 9.93. The summed E-state index contributed by atoms with van der Waals surface area (Å²) in [7, 11) is 0. The highest BCUT2D eigenvalue weighted by Crippen LogP contribution is 2.21. The third-order valence-electron chi connectivity index (χ3n) is 3.24. The summed E-state index contributed by atoms with van der Waals surface area (Å²) >= 11 is 0. The van der Waals surface area contributed by atoms with E-state index in [9.17, 15) is 9.59 Å². The molecule has 0 aromatic carbocycles. The number of carbonyl (C=O) groups excluding carboxylic acids is 2. The molecule has 0 N–H and O–H groups in total. The van der Waals surface area contributed by atoms with Crippen LogP contribution in [-0.2, 0) is 19.1 Å². The van der Waals surface area contributed by atoms with Crippen molar-refractivity contribution in [3.8, 4) is 0 Å². The number of hydrogen-bond donors (Lipinski definition) is 0. The molecule has 0 bridgehead atoms. The van der Waals surface area contributed by atoms with Crippen LogP contribution >= 0.6 is 0 Å². The SMILES string of the molecule is CCOC(=O)CC1CCN(CC(=O)OC(C)(C)C)CC1. The van der Waals surface area contributed by atoms with Gasteiger partial charge in [0.2, 0.25) is 0 Å². The Morgan fingerprint density at radius 3 is 2.25 bits per heavy atom. The van der Waals surface area contributed by atoms with E-state index in [2.05, 4.69) is 4.90 Å². The van der Waals surface area contributed by atoms with Crippen molar-refractivity contribution >= 4 is 11.9 Å². The number of hydrogen-bond acceptors (Lipinski definition) is 5. The van der Waals surface area contributed by atoms with Crippen molar-refractivity contribution in [3.05, 3.63) is 0 Å². The molecular weight excluding hydrogens is 258 g/mol. The van der Waals surface area contributed by atoms with Crippen LogP contribution < -0.4 is 0 Å². The lowest BCUT2D eigenvalue weighted by molar-refractivity contribution is -0.156. The Hall–Kier alpha value is -1.10. The van der Waals surface area contributed by atoms with Crippen LogP contribution in [0.4, 0.5) is 0 Å². The van der Waals surface area contributed by atoms with Crippen molar-refractivity contribution in [1.82, 2.24) is 4.90 Å². The van der Waals surface area contributed by atoms with Crippen molar-refractivity contribution in [2.45, 2.75) is 52.6 Å².